The number of likely N-dealkylation sites (N-methyl/N-ethyl adjacent to an activating group) is 1. The molecule has 2 unspecified atom stereocenters. The number of quaternary nitrogens is 3. The van der Waals surface area contributed by atoms with Crippen molar-refractivity contribution in [3.8, 4) is 0 Å². The highest BCUT2D eigenvalue weighted by Gasteiger charge is 2.68. The van der Waals surface area contributed by atoms with Gasteiger partial charge in [-0.15, -0.1) is 0 Å². The summed E-state index contributed by atoms with van der Waals surface area (Å²) in [5, 5.41) is 75.8. The van der Waals surface area contributed by atoms with E-state index in [0.29, 0.717) is 6.42 Å². The van der Waals surface area contributed by atoms with Crippen molar-refractivity contribution in [2.45, 2.75) is 104 Å². The first kappa shape index (κ1) is 32.4. The van der Waals surface area contributed by atoms with Crippen molar-refractivity contribution in [1.82, 2.24) is 0 Å². The fraction of sp³-hybridized carbons (Fsp3) is 1.00. The molecule has 0 aromatic carbocycles. The molecule has 3 heterocycles. The molecular weight excluding hydrogens is 569 g/mol. The number of hydrogen-bond donors (Lipinski definition) is 10. The van der Waals surface area contributed by atoms with Crippen molar-refractivity contribution in [1.29, 1.82) is 0 Å². The zero-order chi connectivity index (χ0) is 29.7. The van der Waals surface area contributed by atoms with E-state index in [1.54, 1.807) is 12.4 Å². The molecule has 4 rings (SSSR count). The van der Waals surface area contributed by atoms with Gasteiger partial charge in [0, 0.05) is 0 Å². The van der Waals surface area contributed by atoms with Crippen molar-refractivity contribution in [3.63, 3.8) is 0 Å². The molecular formula is C20H39N3O16P+. The molecule has 0 bridgehead atoms. The Morgan fingerprint density at radius 3 is 2.27 bits per heavy atom. The van der Waals surface area contributed by atoms with Gasteiger partial charge in [-0.2, -0.15) is 0 Å². The van der Waals surface area contributed by atoms with Gasteiger partial charge in [0.15, 0.2) is 12.4 Å². The number of phosphoric ester groups is 1. The molecule has 0 amide bonds. The number of rotatable bonds is 8. The third-order valence-electron chi connectivity index (χ3n) is 7.87. The van der Waals surface area contributed by atoms with Gasteiger partial charge in [-0.1, -0.05) is 0 Å². The van der Waals surface area contributed by atoms with Crippen molar-refractivity contribution < 1.29 is 95.1 Å². The third kappa shape index (κ3) is 6.10. The number of nitrogens with two attached hydrogens (primary N) is 1. The molecule has 0 aromatic rings. The number of aliphatic hydroxyl groups excluding tert-OH is 7. The van der Waals surface area contributed by atoms with Crippen LogP contribution in [0.3, 0.4) is 0 Å². The van der Waals surface area contributed by atoms with E-state index in [4.69, 9.17) is 23.7 Å². The van der Waals surface area contributed by atoms with Crippen LogP contribution >= 0.6 is 7.82 Å². The van der Waals surface area contributed by atoms with Gasteiger partial charge < -0.3 is 95.1 Å². The van der Waals surface area contributed by atoms with Gasteiger partial charge in [0.2, 0.25) is 0 Å². The lowest BCUT2D eigenvalue weighted by atomic mass is 9.84. The predicted octanol–water partition coefficient (Wildman–Crippen LogP) is -10.9. The second-order valence-electron chi connectivity index (χ2n) is 10.6. The Morgan fingerprint density at radius 2 is 1.68 bits per heavy atom. The summed E-state index contributed by atoms with van der Waals surface area (Å²) in [6, 6.07) is -2.24. The Kier molecular flexibility index (Phi) is 9.93. The molecule has 4 fully saturated rings. The van der Waals surface area contributed by atoms with Crippen molar-refractivity contribution in [2.75, 3.05) is 20.3 Å². The minimum atomic E-state index is -5.43. The van der Waals surface area contributed by atoms with E-state index in [2.05, 4.69) is 16.0 Å². The van der Waals surface area contributed by atoms with Gasteiger partial charge in [-0.3, -0.25) is 0 Å². The zero-order valence-corrected chi connectivity index (χ0v) is 22.4. The lowest BCUT2D eigenvalue weighted by molar-refractivity contribution is -0.683. The molecule has 19 nitrogen and oxygen atoms in total. The Balaban J connectivity index is 1.60. The van der Waals surface area contributed by atoms with Gasteiger partial charge in [0.05, 0.1) is 27.9 Å². The largest absolute Gasteiger partial charge is 0.790 e. The maximum atomic E-state index is 10.9. The van der Waals surface area contributed by atoms with Crippen LogP contribution in [0, 0.1) is 0 Å². The Labute approximate surface area is 227 Å². The van der Waals surface area contributed by atoms with Gasteiger partial charge in [0.25, 0.3) is 0 Å². The van der Waals surface area contributed by atoms with Gasteiger partial charge in [-0.25, -0.2) is 0 Å². The number of fused-ring (bicyclic) bond motifs is 1. The summed E-state index contributed by atoms with van der Waals surface area (Å²) in [7, 11) is -3.70. The van der Waals surface area contributed by atoms with Crippen LogP contribution in [0.2, 0.25) is 0 Å². The molecule has 3 saturated heterocycles. The number of aliphatic hydroxyl groups is 7. The molecule has 3 aliphatic heterocycles. The van der Waals surface area contributed by atoms with Crippen LogP contribution < -0.4 is 26.6 Å². The second kappa shape index (κ2) is 12.2. The average molecular weight is 609 g/mol. The van der Waals surface area contributed by atoms with Gasteiger partial charge in [0.1, 0.15) is 85.8 Å². The van der Waals surface area contributed by atoms with Crippen LogP contribution in [-0.2, 0) is 32.8 Å². The summed E-state index contributed by atoms with van der Waals surface area (Å²) in [6.07, 6.45) is -18.3. The standard InChI is InChI=1S/C20H38N3O16P/c1-23-7-2-5(21)9(25)15(10(7)26)36-19-17-16(11(27)8(3-24)35-19)38-20(39-17)18(30)13(29)12(28)14(37-20)6(22)4-34-40(31,32)33/h5-19,23-30H,2-4,21-22H2,1H3,(H2,31,32,33)/p+1/t5-,6-,7+,8-,9+,10-,11+,12+,13-,14?,15-,16+,17+,18+,19+,20?/m1/s1. The highest BCUT2D eigenvalue weighted by molar-refractivity contribution is 7.43. The minimum Gasteiger partial charge on any atom is -0.790 e. The molecule has 20 heteroatoms. The number of phosphoric acid groups is 1. The highest BCUT2D eigenvalue weighted by Crippen LogP contribution is 2.45. The Morgan fingerprint density at radius 1 is 1.02 bits per heavy atom. The first-order chi connectivity index (χ1) is 18.6. The first-order valence-corrected chi connectivity index (χ1v) is 14.3. The normalized spacial score (nSPS) is 50.6. The van der Waals surface area contributed by atoms with Crippen LogP contribution in [0.1, 0.15) is 6.42 Å². The molecule has 1 aliphatic carbocycles. The maximum Gasteiger partial charge on any atom is 0.314 e. The van der Waals surface area contributed by atoms with Crippen molar-refractivity contribution in [2.24, 2.45) is 0 Å². The molecule has 4 aliphatic rings. The van der Waals surface area contributed by atoms with Crippen molar-refractivity contribution in [3.05, 3.63) is 0 Å². The van der Waals surface area contributed by atoms with E-state index in [1.807, 2.05) is 0 Å². The first-order valence-electron chi connectivity index (χ1n) is 12.8. The smallest absolute Gasteiger partial charge is 0.314 e. The second-order valence-corrected chi connectivity index (χ2v) is 11.7. The number of ether oxygens (including phenoxy) is 5. The van der Waals surface area contributed by atoms with Crippen LogP contribution in [0.4, 0.5) is 0 Å². The maximum absolute atomic E-state index is 10.9. The SMILES string of the molecule is C[NH2+][C@H]1C[C@@H]([NH3+])[C@H](O)[C@@H](O[C@@H]2O[C@H](CO)[C@H](O)[C@@H]3OC4(OC([C@H]([NH3+])COP(=O)([O-])[O-])[C@@H](O)[C@@H](O)[C@@H]4O)O[C@H]23)[C@@H]1O. The van der Waals surface area contributed by atoms with E-state index < -0.39 is 119 Å². The third-order valence-corrected chi connectivity index (χ3v) is 8.34. The molecule has 0 aromatic heterocycles. The zero-order valence-electron chi connectivity index (χ0n) is 21.5. The summed E-state index contributed by atoms with van der Waals surface area (Å²) >= 11 is 0. The van der Waals surface area contributed by atoms with Gasteiger partial charge >= 0.3 is 5.97 Å². The summed E-state index contributed by atoms with van der Waals surface area (Å²) < 4.78 is 43.9. The van der Waals surface area contributed by atoms with Crippen LogP contribution in [0.15, 0.2) is 0 Å². The average Bonchev–Trinajstić information content (AvgIpc) is 3.30. The molecule has 234 valence electrons. The summed E-state index contributed by atoms with van der Waals surface area (Å²) in [5.74, 6) is -2.61. The molecule has 40 heavy (non-hydrogen) atoms. The topological polar surface area (TPSA) is 332 Å². The fourth-order valence-corrected chi connectivity index (χ4v) is 5.95. The lowest BCUT2D eigenvalue weighted by Gasteiger charge is -2.46. The van der Waals surface area contributed by atoms with Crippen LogP contribution in [0.25, 0.3) is 0 Å². The molecule has 0 radical (unpaired) electrons. The molecule has 1 spiro atoms. The summed E-state index contributed by atoms with van der Waals surface area (Å²) in [5.41, 5.74) is 7.48. The number of hydrogen-bond acceptors (Lipinski definition) is 16. The Hall–Kier alpha value is -0.490. The highest BCUT2D eigenvalue weighted by atomic mass is 31.2. The van der Waals surface area contributed by atoms with E-state index >= 15 is 0 Å². The Bertz CT molecular complexity index is 919. The van der Waals surface area contributed by atoms with E-state index in [-0.39, 0.29) is 0 Å². The van der Waals surface area contributed by atoms with Crippen LogP contribution in [0.5, 0.6) is 0 Å². The monoisotopic (exact) mass is 608 g/mol. The summed E-state index contributed by atoms with van der Waals surface area (Å²) in [6.45, 7) is -1.59. The molecule has 16 atom stereocenters. The van der Waals surface area contributed by atoms with Crippen molar-refractivity contribution >= 4 is 7.82 Å². The van der Waals surface area contributed by atoms with Gasteiger partial charge in [-0.05, 0) is 0 Å². The van der Waals surface area contributed by atoms with E-state index in [1.165, 1.54) is 0 Å². The molecule has 15 N–H and O–H groups in total. The minimum absolute atomic E-state index is 0.378. The van der Waals surface area contributed by atoms with E-state index in [9.17, 15) is 50.1 Å². The molecule has 1 saturated carbocycles. The summed E-state index contributed by atoms with van der Waals surface area (Å²) in [4.78, 5) is 21.8. The quantitative estimate of drug-likeness (QED) is 0.114. The predicted molar refractivity (Wildman–Crippen MR) is 117 cm³/mol. The van der Waals surface area contributed by atoms with E-state index in [0.717, 1.165) is 0 Å². The fourth-order valence-electron chi connectivity index (χ4n) is 5.58. The lowest BCUT2D eigenvalue weighted by Crippen LogP contribution is -2.93. The van der Waals surface area contributed by atoms with Crippen LogP contribution in [-0.4, -0.2) is 154 Å².